The number of primary sulfonamides is 1. The molecule has 0 bridgehead atoms. The zero-order valence-corrected chi connectivity index (χ0v) is 12.8. The molecular formula is C14H20N2O4S. The van der Waals surface area contributed by atoms with Gasteiger partial charge in [-0.15, -0.1) is 0 Å². The van der Waals surface area contributed by atoms with Crippen LogP contribution in [0.1, 0.15) is 26.2 Å². The summed E-state index contributed by atoms with van der Waals surface area (Å²) in [6.45, 7) is 3.08. The number of aliphatic carboxylic acids is 1. The Labute approximate surface area is 124 Å². The van der Waals surface area contributed by atoms with E-state index in [1.165, 1.54) is 12.1 Å². The fourth-order valence-electron chi connectivity index (χ4n) is 2.90. The average molecular weight is 312 g/mol. The highest BCUT2D eigenvalue weighted by atomic mass is 32.2. The molecule has 0 aliphatic carbocycles. The Balaban J connectivity index is 2.19. The van der Waals surface area contributed by atoms with E-state index in [4.69, 9.17) is 5.14 Å². The number of sulfonamides is 1. The summed E-state index contributed by atoms with van der Waals surface area (Å²) in [5.74, 6) is -0.756. The molecule has 1 aliphatic heterocycles. The molecule has 21 heavy (non-hydrogen) atoms. The van der Waals surface area contributed by atoms with Crippen molar-refractivity contribution in [3.05, 3.63) is 24.3 Å². The van der Waals surface area contributed by atoms with Crippen molar-refractivity contribution in [3.8, 4) is 0 Å². The highest BCUT2D eigenvalue weighted by molar-refractivity contribution is 7.89. The quantitative estimate of drug-likeness (QED) is 0.856. The van der Waals surface area contributed by atoms with Crippen LogP contribution >= 0.6 is 0 Å². The van der Waals surface area contributed by atoms with Gasteiger partial charge < -0.3 is 10.0 Å². The molecule has 1 saturated heterocycles. The summed E-state index contributed by atoms with van der Waals surface area (Å²) < 4.78 is 22.5. The number of rotatable bonds is 5. The molecule has 1 aromatic carbocycles. The Bertz CT molecular complexity index is 627. The molecule has 3 N–H and O–H groups in total. The molecule has 1 atom stereocenters. The minimum absolute atomic E-state index is 0.0588. The molecule has 1 aromatic rings. The molecule has 6 nitrogen and oxygen atoms in total. The van der Waals surface area contributed by atoms with Crippen molar-refractivity contribution < 1.29 is 18.3 Å². The SMILES string of the molecule is CCCC1(C(=O)O)CCN(c2ccc(S(N)(=O)=O)cc2)C1. The molecule has 116 valence electrons. The van der Waals surface area contributed by atoms with Gasteiger partial charge in [-0.2, -0.15) is 0 Å². The van der Waals surface area contributed by atoms with Gasteiger partial charge in [0, 0.05) is 18.8 Å². The van der Waals surface area contributed by atoms with Crippen LogP contribution in [0.15, 0.2) is 29.2 Å². The third-order valence-corrected chi connectivity index (χ3v) is 5.00. The van der Waals surface area contributed by atoms with E-state index in [-0.39, 0.29) is 4.90 Å². The zero-order chi connectivity index (χ0) is 15.7. The summed E-state index contributed by atoms with van der Waals surface area (Å²) in [6, 6.07) is 6.24. The van der Waals surface area contributed by atoms with E-state index in [2.05, 4.69) is 0 Å². The number of nitrogens with zero attached hydrogens (tertiary/aromatic N) is 1. The van der Waals surface area contributed by atoms with Crippen LogP contribution in [0.5, 0.6) is 0 Å². The lowest BCUT2D eigenvalue weighted by molar-refractivity contribution is -0.148. The minimum Gasteiger partial charge on any atom is -0.481 e. The normalized spacial score (nSPS) is 22.5. The molecule has 0 aromatic heterocycles. The van der Waals surface area contributed by atoms with Crippen LogP contribution in [-0.4, -0.2) is 32.6 Å². The summed E-state index contributed by atoms with van der Waals surface area (Å²) in [7, 11) is -3.70. The molecule has 0 saturated carbocycles. The first-order valence-electron chi connectivity index (χ1n) is 6.90. The summed E-state index contributed by atoms with van der Waals surface area (Å²) in [5, 5.41) is 14.6. The molecular weight excluding hydrogens is 292 g/mol. The molecule has 0 spiro atoms. The van der Waals surface area contributed by atoms with Gasteiger partial charge in [0.05, 0.1) is 10.3 Å². The Morgan fingerprint density at radius 1 is 1.38 bits per heavy atom. The van der Waals surface area contributed by atoms with Gasteiger partial charge in [-0.05, 0) is 37.1 Å². The highest BCUT2D eigenvalue weighted by Gasteiger charge is 2.44. The van der Waals surface area contributed by atoms with E-state index < -0.39 is 21.4 Å². The lowest BCUT2D eigenvalue weighted by Gasteiger charge is -2.25. The summed E-state index contributed by atoms with van der Waals surface area (Å²) in [5.41, 5.74) is 0.120. The van der Waals surface area contributed by atoms with Crippen LogP contribution in [0.2, 0.25) is 0 Å². The second-order valence-corrected chi connectivity index (χ2v) is 7.11. The molecule has 1 aliphatic rings. The van der Waals surface area contributed by atoms with Crippen molar-refractivity contribution in [1.82, 2.24) is 0 Å². The van der Waals surface area contributed by atoms with Gasteiger partial charge in [-0.25, -0.2) is 13.6 Å². The van der Waals surface area contributed by atoms with Gasteiger partial charge in [0.25, 0.3) is 0 Å². The Morgan fingerprint density at radius 2 is 2.00 bits per heavy atom. The maximum absolute atomic E-state index is 11.6. The first-order valence-corrected chi connectivity index (χ1v) is 8.44. The molecule has 7 heteroatoms. The Morgan fingerprint density at radius 3 is 2.48 bits per heavy atom. The van der Waals surface area contributed by atoms with Crippen LogP contribution < -0.4 is 10.0 Å². The van der Waals surface area contributed by atoms with Crippen molar-refractivity contribution in [1.29, 1.82) is 0 Å². The average Bonchev–Trinajstić information content (AvgIpc) is 2.84. The Hall–Kier alpha value is -1.60. The van der Waals surface area contributed by atoms with Gasteiger partial charge in [0.1, 0.15) is 0 Å². The maximum Gasteiger partial charge on any atom is 0.311 e. The van der Waals surface area contributed by atoms with Gasteiger partial charge >= 0.3 is 5.97 Å². The molecule has 1 heterocycles. The molecule has 1 fully saturated rings. The zero-order valence-electron chi connectivity index (χ0n) is 11.9. The predicted octanol–water partition coefficient (Wildman–Crippen LogP) is 1.42. The van der Waals surface area contributed by atoms with Crippen LogP contribution in [0.4, 0.5) is 5.69 Å². The smallest absolute Gasteiger partial charge is 0.311 e. The van der Waals surface area contributed by atoms with E-state index in [0.717, 1.165) is 12.1 Å². The number of carboxylic acid groups (broad SMARTS) is 1. The first-order chi connectivity index (χ1) is 9.78. The summed E-state index contributed by atoms with van der Waals surface area (Å²) in [4.78, 5) is 13.6. The second-order valence-electron chi connectivity index (χ2n) is 5.55. The monoisotopic (exact) mass is 312 g/mol. The van der Waals surface area contributed by atoms with E-state index in [1.54, 1.807) is 12.1 Å². The predicted molar refractivity (Wildman–Crippen MR) is 79.6 cm³/mol. The fraction of sp³-hybridized carbons (Fsp3) is 0.500. The lowest BCUT2D eigenvalue weighted by Crippen LogP contribution is -2.34. The van der Waals surface area contributed by atoms with Crippen molar-refractivity contribution in [2.45, 2.75) is 31.1 Å². The van der Waals surface area contributed by atoms with Crippen LogP contribution in [0.25, 0.3) is 0 Å². The number of hydrogen-bond acceptors (Lipinski definition) is 4. The van der Waals surface area contributed by atoms with Gasteiger partial charge in [-0.1, -0.05) is 13.3 Å². The second kappa shape index (κ2) is 5.65. The highest BCUT2D eigenvalue weighted by Crippen LogP contribution is 2.37. The molecule has 2 rings (SSSR count). The molecule has 0 radical (unpaired) electrons. The van der Waals surface area contributed by atoms with Gasteiger partial charge in [0.15, 0.2) is 0 Å². The summed E-state index contributed by atoms with van der Waals surface area (Å²) in [6.07, 6.45) is 2.08. The standard InChI is InChI=1S/C14H20N2O4S/c1-2-7-14(13(17)18)8-9-16(10-14)11-3-5-12(6-4-11)21(15,19)20/h3-6H,2,7-10H2,1H3,(H,17,18)(H2,15,19,20). The van der Waals surface area contributed by atoms with E-state index in [9.17, 15) is 18.3 Å². The van der Waals surface area contributed by atoms with Crippen molar-refractivity contribution >= 4 is 21.7 Å². The molecule has 1 unspecified atom stereocenters. The van der Waals surface area contributed by atoms with E-state index in [1.807, 2.05) is 11.8 Å². The van der Waals surface area contributed by atoms with Gasteiger partial charge in [0.2, 0.25) is 10.0 Å². The largest absolute Gasteiger partial charge is 0.481 e. The van der Waals surface area contributed by atoms with Crippen LogP contribution in [0.3, 0.4) is 0 Å². The topological polar surface area (TPSA) is 101 Å². The third-order valence-electron chi connectivity index (χ3n) is 4.07. The lowest BCUT2D eigenvalue weighted by atomic mass is 9.83. The van der Waals surface area contributed by atoms with E-state index >= 15 is 0 Å². The maximum atomic E-state index is 11.6. The first kappa shape index (κ1) is 15.8. The van der Waals surface area contributed by atoms with E-state index in [0.29, 0.717) is 25.9 Å². The number of carboxylic acids is 1. The van der Waals surface area contributed by atoms with Crippen molar-refractivity contribution in [2.24, 2.45) is 10.6 Å². The van der Waals surface area contributed by atoms with Crippen molar-refractivity contribution in [2.75, 3.05) is 18.0 Å². The molecule has 0 amide bonds. The number of nitrogens with two attached hydrogens (primary N) is 1. The number of hydrogen-bond donors (Lipinski definition) is 2. The Kier molecular flexibility index (Phi) is 4.25. The van der Waals surface area contributed by atoms with Gasteiger partial charge in [-0.3, -0.25) is 4.79 Å². The number of anilines is 1. The third kappa shape index (κ3) is 3.19. The minimum atomic E-state index is -3.70. The fourth-order valence-corrected chi connectivity index (χ4v) is 3.42. The van der Waals surface area contributed by atoms with Crippen LogP contribution in [-0.2, 0) is 14.8 Å². The number of carbonyl (C=O) groups is 1. The summed E-state index contributed by atoms with van der Waals surface area (Å²) >= 11 is 0. The number of benzene rings is 1. The van der Waals surface area contributed by atoms with Crippen LogP contribution in [0, 0.1) is 5.41 Å². The van der Waals surface area contributed by atoms with Crippen molar-refractivity contribution in [3.63, 3.8) is 0 Å².